The lowest BCUT2D eigenvalue weighted by Crippen LogP contribution is -2.28. The Morgan fingerprint density at radius 1 is 1.33 bits per heavy atom. The van der Waals surface area contributed by atoms with Gasteiger partial charge in [0, 0.05) is 18.9 Å². The number of pyridine rings is 1. The van der Waals surface area contributed by atoms with Crippen LogP contribution in [-0.4, -0.2) is 24.5 Å². The third-order valence-corrected chi connectivity index (χ3v) is 3.25. The molecule has 0 saturated heterocycles. The third kappa shape index (κ3) is 3.78. The molecule has 5 heteroatoms. The number of nitrogens with zero attached hydrogens (tertiary/aromatic N) is 1. The van der Waals surface area contributed by atoms with Gasteiger partial charge in [-0.05, 0) is 41.8 Å². The number of hydrogen-bond acceptors (Lipinski definition) is 3. The first-order valence-electron chi connectivity index (χ1n) is 6.63. The van der Waals surface area contributed by atoms with Gasteiger partial charge in [0.1, 0.15) is 11.6 Å². The second-order valence-electron chi connectivity index (χ2n) is 4.74. The maximum atomic E-state index is 13.3. The molecule has 0 aliphatic rings. The van der Waals surface area contributed by atoms with Crippen LogP contribution in [0.1, 0.15) is 28.8 Å². The first kappa shape index (κ1) is 15.0. The van der Waals surface area contributed by atoms with Gasteiger partial charge < -0.3 is 10.1 Å². The van der Waals surface area contributed by atoms with Crippen LogP contribution in [0.2, 0.25) is 0 Å². The highest BCUT2D eigenvalue weighted by Crippen LogP contribution is 2.19. The number of rotatable bonds is 5. The highest BCUT2D eigenvalue weighted by Gasteiger charge is 2.14. The summed E-state index contributed by atoms with van der Waals surface area (Å²) >= 11 is 0. The number of ether oxygens (including phenoxy) is 1. The molecule has 0 spiro atoms. The molecule has 0 bridgehead atoms. The van der Waals surface area contributed by atoms with Crippen LogP contribution in [0, 0.1) is 5.82 Å². The number of aromatic nitrogens is 1. The molecule has 21 heavy (non-hydrogen) atoms. The zero-order valence-corrected chi connectivity index (χ0v) is 12.0. The Labute approximate surface area is 123 Å². The van der Waals surface area contributed by atoms with E-state index in [2.05, 4.69) is 10.3 Å². The molecule has 1 heterocycles. The van der Waals surface area contributed by atoms with Gasteiger partial charge in [-0.25, -0.2) is 4.39 Å². The molecule has 2 aromatic rings. The molecule has 110 valence electrons. The fraction of sp³-hybridized carbons (Fsp3) is 0.250. The Morgan fingerprint density at radius 3 is 2.71 bits per heavy atom. The summed E-state index contributed by atoms with van der Waals surface area (Å²) in [7, 11) is 1.45. The Kier molecular flexibility index (Phi) is 4.87. The van der Waals surface area contributed by atoms with Crippen LogP contribution in [0.4, 0.5) is 4.39 Å². The number of halogens is 1. The number of benzene rings is 1. The third-order valence-electron chi connectivity index (χ3n) is 3.25. The lowest BCUT2D eigenvalue weighted by molar-refractivity contribution is 0.0948. The molecular weight excluding hydrogens is 271 g/mol. The van der Waals surface area contributed by atoms with Crippen LogP contribution in [0.5, 0.6) is 5.75 Å². The van der Waals surface area contributed by atoms with Crippen LogP contribution in [-0.2, 0) is 0 Å². The summed E-state index contributed by atoms with van der Waals surface area (Å²) in [4.78, 5) is 16.1. The van der Waals surface area contributed by atoms with Gasteiger partial charge in [0.05, 0.1) is 12.7 Å². The molecule has 1 aromatic heterocycles. The molecule has 1 atom stereocenters. The van der Waals surface area contributed by atoms with E-state index >= 15 is 0 Å². The van der Waals surface area contributed by atoms with Crippen molar-refractivity contribution in [3.63, 3.8) is 0 Å². The fourth-order valence-corrected chi connectivity index (χ4v) is 2.01. The van der Waals surface area contributed by atoms with E-state index in [1.54, 1.807) is 12.4 Å². The molecule has 1 unspecified atom stereocenters. The van der Waals surface area contributed by atoms with E-state index in [0.717, 1.165) is 5.56 Å². The van der Waals surface area contributed by atoms with Gasteiger partial charge in [-0.1, -0.05) is 6.92 Å². The van der Waals surface area contributed by atoms with Crippen molar-refractivity contribution in [2.24, 2.45) is 0 Å². The van der Waals surface area contributed by atoms with Gasteiger partial charge in [-0.3, -0.25) is 9.78 Å². The molecule has 1 N–H and O–H groups in total. The van der Waals surface area contributed by atoms with E-state index in [9.17, 15) is 9.18 Å². The first-order valence-corrected chi connectivity index (χ1v) is 6.63. The van der Waals surface area contributed by atoms with Gasteiger partial charge >= 0.3 is 0 Å². The van der Waals surface area contributed by atoms with Gasteiger partial charge in [-0.2, -0.15) is 0 Å². The molecule has 4 nitrogen and oxygen atoms in total. The smallest absolute Gasteiger partial charge is 0.255 e. The number of amides is 1. The first-order chi connectivity index (χ1) is 10.1. The van der Waals surface area contributed by atoms with Crippen molar-refractivity contribution in [3.05, 3.63) is 59.7 Å². The van der Waals surface area contributed by atoms with Crippen LogP contribution >= 0.6 is 0 Å². The number of carbonyl (C=O) groups is 1. The Hall–Kier alpha value is -2.43. The maximum absolute atomic E-state index is 13.3. The molecule has 0 fully saturated rings. The van der Waals surface area contributed by atoms with E-state index in [0.29, 0.717) is 12.3 Å². The summed E-state index contributed by atoms with van der Waals surface area (Å²) in [5.74, 6) is -0.336. The highest BCUT2D eigenvalue weighted by atomic mass is 19.1. The topological polar surface area (TPSA) is 51.2 Å². The summed E-state index contributed by atoms with van der Waals surface area (Å²) in [5.41, 5.74) is 1.27. The van der Waals surface area contributed by atoms with E-state index in [4.69, 9.17) is 4.74 Å². The van der Waals surface area contributed by atoms with E-state index in [1.165, 1.54) is 25.3 Å². The molecule has 1 amide bonds. The van der Waals surface area contributed by atoms with Crippen molar-refractivity contribution in [2.75, 3.05) is 13.7 Å². The van der Waals surface area contributed by atoms with Crippen LogP contribution in [0.25, 0.3) is 0 Å². The molecule has 1 aromatic carbocycles. The quantitative estimate of drug-likeness (QED) is 0.920. The summed E-state index contributed by atoms with van der Waals surface area (Å²) in [6, 6.07) is 7.68. The largest absolute Gasteiger partial charge is 0.496 e. The second-order valence-corrected chi connectivity index (χ2v) is 4.74. The van der Waals surface area contributed by atoms with Crippen molar-refractivity contribution in [2.45, 2.75) is 12.8 Å². The fourth-order valence-electron chi connectivity index (χ4n) is 2.01. The SMILES string of the molecule is COc1ccc(F)cc1C(=O)NCC(C)c1ccncc1. The van der Waals surface area contributed by atoms with Gasteiger partial charge in [-0.15, -0.1) is 0 Å². The molecule has 0 aliphatic heterocycles. The number of carbonyl (C=O) groups excluding carboxylic acids is 1. The normalized spacial score (nSPS) is 11.8. The Balaban J connectivity index is 2.04. The van der Waals surface area contributed by atoms with Gasteiger partial charge in [0.25, 0.3) is 5.91 Å². The van der Waals surface area contributed by atoms with Gasteiger partial charge in [0.15, 0.2) is 0 Å². The Morgan fingerprint density at radius 2 is 2.05 bits per heavy atom. The van der Waals surface area contributed by atoms with E-state index in [1.807, 2.05) is 19.1 Å². The minimum absolute atomic E-state index is 0.136. The predicted octanol–water partition coefficient (Wildman–Crippen LogP) is 2.76. The predicted molar refractivity (Wildman–Crippen MR) is 77.9 cm³/mol. The van der Waals surface area contributed by atoms with Crippen molar-refractivity contribution in [1.82, 2.24) is 10.3 Å². The van der Waals surface area contributed by atoms with Crippen LogP contribution in [0.15, 0.2) is 42.7 Å². The zero-order valence-electron chi connectivity index (χ0n) is 12.0. The standard InChI is InChI=1S/C16H17FN2O2/c1-11(12-5-7-18-8-6-12)10-19-16(20)14-9-13(17)3-4-15(14)21-2/h3-9,11H,10H2,1-2H3,(H,19,20). The maximum Gasteiger partial charge on any atom is 0.255 e. The van der Waals surface area contributed by atoms with Crippen LogP contribution in [0.3, 0.4) is 0 Å². The van der Waals surface area contributed by atoms with Gasteiger partial charge in [0.2, 0.25) is 0 Å². The lowest BCUT2D eigenvalue weighted by Gasteiger charge is -2.14. The zero-order chi connectivity index (χ0) is 15.2. The molecule has 0 aliphatic carbocycles. The van der Waals surface area contributed by atoms with E-state index in [-0.39, 0.29) is 17.4 Å². The highest BCUT2D eigenvalue weighted by molar-refractivity contribution is 5.96. The summed E-state index contributed by atoms with van der Waals surface area (Å²) < 4.78 is 18.3. The minimum Gasteiger partial charge on any atom is -0.496 e. The Bertz CT molecular complexity index is 617. The summed E-state index contributed by atoms with van der Waals surface area (Å²) in [5, 5.41) is 2.79. The van der Waals surface area contributed by atoms with Crippen molar-refractivity contribution in [1.29, 1.82) is 0 Å². The summed E-state index contributed by atoms with van der Waals surface area (Å²) in [6.45, 7) is 2.45. The number of hydrogen-bond donors (Lipinski definition) is 1. The second kappa shape index (κ2) is 6.83. The molecule has 2 rings (SSSR count). The van der Waals surface area contributed by atoms with Crippen molar-refractivity contribution in [3.8, 4) is 5.75 Å². The number of nitrogens with one attached hydrogen (secondary N) is 1. The molecule has 0 radical (unpaired) electrons. The minimum atomic E-state index is -0.469. The average Bonchev–Trinajstić information content (AvgIpc) is 2.53. The molecular formula is C16H17FN2O2. The lowest BCUT2D eigenvalue weighted by atomic mass is 10.0. The van der Waals surface area contributed by atoms with Crippen molar-refractivity contribution >= 4 is 5.91 Å². The summed E-state index contributed by atoms with van der Waals surface area (Å²) in [6.07, 6.45) is 3.42. The number of methoxy groups -OCH3 is 1. The van der Waals surface area contributed by atoms with Crippen molar-refractivity contribution < 1.29 is 13.9 Å². The molecule has 0 saturated carbocycles. The van der Waals surface area contributed by atoms with Crippen LogP contribution < -0.4 is 10.1 Å². The van der Waals surface area contributed by atoms with E-state index < -0.39 is 5.82 Å². The average molecular weight is 288 g/mol. The monoisotopic (exact) mass is 288 g/mol.